The van der Waals surface area contributed by atoms with Crippen molar-refractivity contribution >= 4 is 44.0 Å². The minimum absolute atomic E-state index is 0. The molecular formula is C75H84N4O6S2. The van der Waals surface area contributed by atoms with Crippen LogP contribution >= 0.6 is 0 Å². The average Bonchev–Trinajstić information content (AvgIpc) is 3.68. The number of rotatable bonds is 26. The Morgan fingerprint density at radius 2 is 0.770 bits per heavy atom. The summed E-state index contributed by atoms with van der Waals surface area (Å²) >= 11 is 0. The first-order valence-electron chi connectivity index (χ1n) is 30.4. The highest BCUT2D eigenvalue weighted by Gasteiger charge is 2.40. The third-order valence-corrected chi connectivity index (χ3v) is 19.3. The first-order chi connectivity index (χ1) is 42.0. The summed E-state index contributed by atoms with van der Waals surface area (Å²) < 4.78 is 57.5. The van der Waals surface area contributed by atoms with Crippen LogP contribution in [0.25, 0.3) is 12.2 Å². The molecule has 2 heterocycles. The summed E-state index contributed by atoms with van der Waals surface area (Å²) in [6.45, 7) is 0.422. The quantitative estimate of drug-likeness (QED) is 0.0555. The highest BCUT2D eigenvalue weighted by atomic mass is 32.2. The molecule has 452 valence electrons. The molecule has 0 saturated carbocycles. The van der Waals surface area contributed by atoms with Gasteiger partial charge in [-0.25, -0.2) is 16.8 Å². The number of aryl methyl sites for hydroxylation is 4. The highest BCUT2D eigenvalue weighted by molar-refractivity contribution is 7.92. The fourth-order valence-electron chi connectivity index (χ4n) is 11.6. The number of hydrogen-bond acceptors (Lipinski definition) is 6. The van der Waals surface area contributed by atoms with Crippen molar-refractivity contribution in [3.8, 4) is 0 Å². The fraction of sp³-hybridized carbons (Fsp3) is 0.280. The zero-order valence-electron chi connectivity index (χ0n) is 49.0. The molecule has 2 aliphatic heterocycles. The maximum Gasteiger partial charge on any atom is 0.243 e. The second-order valence-electron chi connectivity index (χ2n) is 22.4. The smallest absolute Gasteiger partial charge is 0.243 e. The molecule has 0 radical (unpaired) electrons. The maximum absolute atomic E-state index is 14.1. The van der Waals surface area contributed by atoms with Crippen LogP contribution in [0.15, 0.2) is 241 Å². The van der Waals surface area contributed by atoms with Crippen LogP contribution in [0.5, 0.6) is 0 Å². The molecular weight excluding hydrogens is 1120 g/mol. The lowest BCUT2D eigenvalue weighted by Crippen LogP contribution is -2.53. The number of carbonyl (C=O) groups excluding carboxylic acids is 2. The molecule has 8 aromatic carbocycles. The zero-order valence-corrected chi connectivity index (χ0v) is 50.7. The van der Waals surface area contributed by atoms with Gasteiger partial charge in [-0.3, -0.25) is 9.59 Å². The molecule has 2 atom stereocenters. The van der Waals surface area contributed by atoms with Crippen molar-refractivity contribution < 1.29 is 26.4 Å². The van der Waals surface area contributed by atoms with Crippen LogP contribution in [0, 0.1) is 0 Å². The molecule has 0 fully saturated rings. The third-order valence-electron chi connectivity index (χ3n) is 16.2. The second-order valence-corrected chi connectivity index (χ2v) is 26.0. The molecule has 2 unspecified atom stereocenters. The molecule has 10 nitrogen and oxygen atoms in total. The summed E-state index contributed by atoms with van der Waals surface area (Å²) in [4.78, 5) is 28.1. The molecule has 0 aromatic heterocycles. The largest absolute Gasteiger partial charge is 0.352 e. The minimum Gasteiger partial charge on any atom is -0.352 e. The van der Waals surface area contributed by atoms with Gasteiger partial charge in [-0.2, -0.15) is 8.61 Å². The van der Waals surface area contributed by atoms with Crippen molar-refractivity contribution in [2.75, 3.05) is 6.54 Å². The monoisotopic (exact) mass is 1200 g/mol. The minimum atomic E-state index is -3.87. The van der Waals surface area contributed by atoms with Gasteiger partial charge in [0.15, 0.2) is 0 Å². The molecule has 87 heavy (non-hydrogen) atoms. The molecule has 2 amide bonds. The zero-order chi connectivity index (χ0) is 59.8. The van der Waals surface area contributed by atoms with Gasteiger partial charge in [0.2, 0.25) is 31.9 Å². The predicted molar refractivity (Wildman–Crippen MR) is 356 cm³/mol. The Balaban J connectivity index is 0.000000223. The SMILES string of the molecule is C.O=C(NC(CCCc1ccccc1)CCCc1ccccc1)C1Cc2ccccc2CN1S(=O)(=O)/C=C/c1ccccc1.O=C(NC(CCCc1ccccc1)CCCc1ccccc1)C1c2ccccc2CCN1S(=O)(=O)/C=C/c1ccccc1. The Labute approximate surface area is 518 Å². The lowest BCUT2D eigenvalue weighted by molar-refractivity contribution is -0.126. The molecule has 0 saturated heterocycles. The van der Waals surface area contributed by atoms with Gasteiger partial charge in [-0.05, 0) is 158 Å². The van der Waals surface area contributed by atoms with Crippen LogP contribution in [0.2, 0.25) is 0 Å². The summed E-state index contributed by atoms with van der Waals surface area (Å²) in [5.74, 6) is -0.483. The molecule has 2 aliphatic rings. The Morgan fingerprint density at radius 3 is 1.20 bits per heavy atom. The predicted octanol–water partition coefficient (Wildman–Crippen LogP) is 14.7. The Bertz CT molecular complexity index is 3500. The summed E-state index contributed by atoms with van der Waals surface area (Å²) in [5.41, 5.74) is 10.4. The lowest BCUT2D eigenvalue weighted by atomic mass is 9.93. The number of carbonyl (C=O) groups is 2. The highest BCUT2D eigenvalue weighted by Crippen LogP contribution is 2.34. The van der Waals surface area contributed by atoms with E-state index in [-0.39, 0.29) is 44.4 Å². The number of nitrogens with one attached hydrogen (secondary N) is 2. The van der Waals surface area contributed by atoms with E-state index in [1.165, 1.54) is 41.7 Å². The summed E-state index contributed by atoms with van der Waals surface area (Å²) in [6, 6.07) is 74.0. The van der Waals surface area contributed by atoms with E-state index in [9.17, 15) is 26.4 Å². The van der Waals surface area contributed by atoms with Crippen molar-refractivity contribution in [1.82, 2.24) is 19.2 Å². The van der Waals surface area contributed by atoms with Crippen LogP contribution < -0.4 is 10.6 Å². The van der Waals surface area contributed by atoms with Gasteiger partial charge in [-0.1, -0.05) is 238 Å². The van der Waals surface area contributed by atoms with E-state index in [1.807, 2.05) is 133 Å². The number of benzene rings is 8. The summed E-state index contributed by atoms with van der Waals surface area (Å²) in [6.07, 6.45) is 14.9. The number of fused-ring (bicyclic) bond motifs is 2. The number of amides is 2. The van der Waals surface area contributed by atoms with Crippen LogP contribution in [-0.4, -0.2) is 61.9 Å². The second kappa shape index (κ2) is 33.2. The van der Waals surface area contributed by atoms with Gasteiger partial charge in [0.1, 0.15) is 12.1 Å². The number of sulfonamides is 2. The van der Waals surface area contributed by atoms with Crippen LogP contribution in [-0.2, 0) is 74.7 Å². The van der Waals surface area contributed by atoms with Crippen molar-refractivity contribution in [2.24, 2.45) is 0 Å². The van der Waals surface area contributed by atoms with Crippen LogP contribution in [0.4, 0.5) is 0 Å². The van der Waals surface area contributed by atoms with Crippen LogP contribution in [0.1, 0.15) is 120 Å². The van der Waals surface area contributed by atoms with Gasteiger partial charge >= 0.3 is 0 Å². The average molecular weight is 1200 g/mol. The Hall–Kier alpha value is -8.00. The van der Waals surface area contributed by atoms with Gasteiger partial charge in [-0.15, -0.1) is 0 Å². The molecule has 10 rings (SSSR count). The van der Waals surface area contributed by atoms with E-state index in [0.29, 0.717) is 12.8 Å². The van der Waals surface area contributed by atoms with Gasteiger partial charge in [0.05, 0.1) is 0 Å². The van der Waals surface area contributed by atoms with E-state index in [4.69, 9.17) is 0 Å². The van der Waals surface area contributed by atoms with Gasteiger partial charge < -0.3 is 10.6 Å². The van der Waals surface area contributed by atoms with Crippen molar-refractivity contribution in [2.45, 2.75) is 128 Å². The van der Waals surface area contributed by atoms with E-state index in [0.717, 1.165) is 110 Å². The first kappa shape index (κ1) is 65.0. The molecule has 0 spiro atoms. The van der Waals surface area contributed by atoms with Crippen molar-refractivity contribution in [3.63, 3.8) is 0 Å². The third kappa shape index (κ3) is 19.8. The molecule has 0 aliphatic carbocycles. The Morgan fingerprint density at radius 1 is 0.425 bits per heavy atom. The topological polar surface area (TPSA) is 133 Å². The normalized spacial score (nSPS) is 15.2. The number of hydrogen-bond donors (Lipinski definition) is 2. The maximum atomic E-state index is 14.1. The Kier molecular flexibility index (Phi) is 24.8. The van der Waals surface area contributed by atoms with Crippen molar-refractivity contribution in [1.29, 1.82) is 0 Å². The molecule has 12 heteroatoms. The number of nitrogens with zero attached hydrogens (tertiary/aromatic N) is 2. The molecule has 8 aromatic rings. The van der Waals surface area contributed by atoms with E-state index >= 15 is 0 Å². The standard InChI is InChI=1S/2C37H40N2O3S.CH4/c40-37(38-34(23-12-20-30-14-4-1-5-15-30)24-13-21-31-16-6-2-7-17-31)36-35-25-11-10-22-33(35)26-28-39(36)43(41,42)29-27-32-18-8-3-9-19-32;40-37(38-35(24-12-20-30-14-4-1-5-15-30)25-13-21-31-16-6-2-7-17-31)36-28-33-22-10-11-23-34(33)29-39(36)43(41,42)27-26-32-18-8-3-9-19-32;/h1-11,14-19,22,25,27,29,34,36H,12-13,20-21,23-24,26,28H2,(H,38,40);1-11,14-19,22-23,26-27,35-36H,12-13,20-21,24-25,28-29H2,(H,38,40);1H4/b29-27+;27-26+;. The molecule has 2 N–H and O–H groups in total. The van der Waals surface area contributed by atoms with E-state index < -0.39 is 32.1 Å². The van der Waals surface area contributed by atoms with Crippen LogP contribution in [0.3, 0.4) is 0 Å². The van der Waals surface area contributed by atoms with E-state index in [1.54, 1.807) is 12.2 Å². The van der Waals surface area contributed by atoms with E-state index in [2.05, 4.69) is 108 Å². The fourth-order valence-corrected chi connectivity index (χ4v) is 14.3. The van der Waals surface area contributed by atoms with Gasteiger partial charge in [0.25, 0.3) is 0 Å². The molecule has 0 bridgehead atoms. The first-order valence-corrected chi connectivity index (χ1v) is 33.4. The lowest BCUT2D eigenvalue weighted by Gasteiger charge is -2.35. The van der Waals surface area contributed by atoms with Crippen molar-refractivity contribution in [3.05, 3.63) is 297 Å². The van der Waals surface area contributed by atoms with Gasteiger partial charge in [0, 0.05) is 36.0 Å². The summed E-state index contributed by atoms with van der Waals surface area (Å²) in [5, 5.41) is 9.06. The summed E-state index contributed by atoms with van der Waals surface area (Å²) in [7, 11) is -7.74.